The maximum atomic E-state index is 4.74. The van der Waals surface area contributed by atoms with Crippen molar-refractivity contribution in [2.24, 2.45) is 10.4 Å². The van der Waals surface area contributed by atoms with E-state index in [2.05, 4.69) is 24.5 Å². The highest BCUT2D eigenvalue weighted by Gasteiger charge is 2.28. The fourth-order valence-electron chi connectivity index (χ4n) is 2.40. The number of nitrogens with zero attached hydrogens (tertiary/aromatic N) is 1. The van der Waals surface area contributed by atoms with Gasteiger partial charge in [0.1, 0.15) is 0 Å². The van der Waals surface area contributed by atoms with Crippen LogP contribution >= 0.6 is 0 Å². The summed E-state index contributed by atoms with van der Waals surface area (Å²) in [6.07, 6.45) is 8.08. The van der Waals surface area contributed by atoms with Crippen molar-refractivity contribution in [1.29, 1.82) is 0 Å². The average Bonchev–Trinajstić information content (AvgIpc) is 2.97. The second kappa shape index (κ2) is 5.07. The third-order valence-corrected chi connectivity index (χ3v) is 3.69. The first-order chi connectivity index (χ1) is 7.72. The van der Waals surface area contributed by atoms with E-state index in [1.54, 1.807) is 0 Å². The highest BCUT2D eigenvalue weighted by Crippen LogP contribution is 2.37. The van der Waals surface area contributed by atoms with Crippen LogP contribution in [0.4, 0.5) is 0 Å². The van der Waals surface area contributed by atoms with E-state index in [0.29, 0.717) is 11.5 Å². The van der Waals surface area contributed by atoms with Crippen molar-refractivity contribution in [3.05, 3.63) is 0 Å². The Balaban J connectivity index is 1.84. The zero-order chi connectivity index (χ0) is 11.4. The van der Waals surface area contributed by atoms with E-state index in [4.69, 9.17) is 4.99 Å². The van der Waals surface area contributed by atoms with Crippen LogP contribution in [0.25, 0.3) is 0 Å². The number of hydrogen-bond acceptors (Lipinski definition) is 1. The number of aliphatic imine (C=N–C) groups is 1. The molecule has 92 valence electrons. The van der Waals surface area contributed by atoms with Gasteiger partial charge in [-0.3, -0.25) is 4.99 Å². The Hall–Kier alpha value is -0.730. The van der Waals surface area contributed by atoms with Crippen molar-refractivity contribution in [3.63, 3.8) is 0 Å². The molecular weight excluding hydrogens is 198 g/mol. The lowest BCUT2D eigenvalue weighted by molar-refractivity contribution is 0.350. The minimum absolute atomic E-state index is 0.464. The topological polar surface area (TPSA) is 36.4 Å². The van der Waals surface area contributed by atoms with Gasteiger partial charge in [-0.05, 0) is 38.0 Å². The quantitative estimate of drug-likeness (QED) is 0.566. The summed E-state index contributed by atoms with van der Waals surface area (Å²) in [5, 5.41) is 6.81. The maximum absolute atomic E-state index is 4.74. The van der Waals surface area contributed by atoms with E-state index in [0.717, 1.165) is 19.0 Å². The fourth-order valence-corrected chi connectivity index (χ4v) is 2.40. The van der Waals surface area contributed by atoms with Gasteiger partial charge in [0.15, 0.2) is 5.96 Å². The lowest BCUT2D eigenvalue weighted by Crippen LogP contribution is -2.39. The SMILES string of the molecule is CCNC(=NCC1(C)CCCC1)NC1CC1. The molecule has 0 saturated heterocycles. The highest BCUT2D eigenvalue weighted by atomic mass is 15.2. The smallest absolute Gasteiger partial charge is 0.191 e. The Morgan fingerprint density at radius 2 is 2.00 bits per heavy atom. The van der Waals surface area contributed by atoms with Crippen molar-refractivity contribution in [2.45, 2.75) is 58.4 Å². The van der Waals surface area contributed by atoms with Crippen molar-refractivity contribution in [3.8, 4) is 0 Å². The maximum Gasteiger partial charge on any atom is 0.191 e. The molecule has 2 N–H and O–H groups in total. The lowest BCUT2D eigenvalue weighted by atomic mass is 9.89. The van der Waals surface area contributed by atoms with Crippen molar-refractivity contribution < 1.29 is 0 Å². The molecule has 0 heterocycles. The predicted molar refractivity (Wildman–Crippen MR) is 68.7 cm³/mol. The van der Waals surface area contributed by atoms with E-state index in [-0.39, 0.29) is 0 Å². The number of hydrogen-bond donors (Lipinski definition) is 2. The normalized spacial score (nSPS) is 24.5. The van der Waals surface area contributed by atoms with Crippen LogP contribution in [0.15, 0.2) is 4.99 Å². The van der Waals surface area contributed by atoms with Gasteiger partial charge in [-0.1, -0.05) is 19.8 Å². The van der Waals surface area contributed by atoms with Crippen LogP contribution < -0.4 is 10.6 Å². The predicted octanol–water partition coefficient (Wildman–Crippen LogP) is 2.28. The van der Waals surface area contributed by atoms with E-state index < -0.39 is 0 Å². The first-order valence-corrected chi connectivity index (χ1v) is 6.77. The molecule has 2 aliphatic rings. The van der Waals surface area contributed by atoms with Crippen LogP contribution in [0.2, 0.25) is 0 Å². The molecule has 0 aliphatic heterocycles. The first kappa shape index (κ1) is 11.7. The molecule has 16 heavy (non-hydrogen) atoms. The standard InChI is InChI=1S/C13H25N3/c1-3-14-12(16-11-6-7-11)15-10-13(2)8-4-5-9-13/h11H,3-10H2,1-2H3,(H2,14,15,16). The molecule has 2 fully saturated rings. The van der Waals surface area contributed by atoms with E-state index >= 15 is 0 Å². The molecule has 3 nitrogen and oxygen atoms in total. The summed E-state index contributed by atoms with van der Waals surface area (Å²) in [6.45, 7) is 6.44. The summed E-state index contributed by atoms with van der Waals surface area (Å²) >= 11 is 0. The fraction of sp³-hybridized carbons (Fsp3) is 0.923. The molecule has 0 unspecified atom stereocenters. The van der Waals surface area contributed by atoms with E-state index in [1.165, 1.54) is 38.5 Å². The second-order valence-electron chi connectivity index (χ2n) is 5.63. The van der Waals surface area contributed by atoms with Crippen LogP contribution in [0.3, 0.4) is 0 Å². The number of rotatable bonds is 4. The summed E-state index contributed by atoms with van der Waals surface area (Å²) in [5.74, 6) is 1.03. The van der Waals surface area contributed by atoms with Gasteiger partial charge in [-0.2, -0.15) is 0 Å². The van der Waals surface area contributed by atoms with Gasteiger partial charge in [-0.15, -0.1) is 0 Å². The molecule has 0 aromatic rings. The van der Waals surface area contributed by atoms with Gasteiger partial charge in [0.05, 0.1) is 0 Å². The second-order valence-corrected chi connectivity index (χ2v) is 5.63. The van der Waals surface area contributed by atoms with Crippen LogP contribution in [0.5, 0.6) is 0 Å². The Morgan fingerprint density at radius 1 is 1.31 bits per heavy atom. The van der Waals surface area contributed by atoms with Gasteiger partial charge < -0.3 is 10.6 Å². The lowest BCUT2D eigenvalue weighted by Gasteiger charge is -2.21. The molecule has 0 amide bonds. The summed E-state index contributed by atoms with van der Waals surface area (Å²) in [5.41, 5.74) is 0.464. The molecule has 3 heteroatoms. The van der Waals surface area contributed by atoms with Gasteiger partial charge in [0, 0.05) is 19.1 Å². The van der Waals surface area contributed by atoms with Gasteiger partial charge >= 0.3 is 0 Å². The molecule has 2 saturated carbocycles. The van der Waals surface area contributed by atoms with Crippen LogP contribution in [-0.4, -0.2) is 25.1 Å². The summed E-state index contributed by atoms with van der Waals surface area (Å²) in [6, 6.07) is 0.689. The number of nitrogens with one attached hydrogen (secondary N) is 2. The first-order valence-electron chi connectivity index (χ1n) is 6.77. The molecule has 2 aliphatic carbocycles. The summed E-state index contributed by atoms with van der Waals surface area (Å²) in [7, 11) is 0. The molecule has 0 spiro atoms. The van der Waals surface area contributed by atoms with Crippen molar-refractivity contribution >= 4 is 5.96 Å². The Bertz CT molecular complexity index is 250. The van der Waals surface area contributed by atoms with Gasteiger partial charge in [0.2, 0.25) is 0 Å². The Kier molecular flexibility index (Phi) is 3.72. The Labute approximate surface area is 99.1 Å². The third kappa shape index (κ3) is 3.39. The summed E-state index contributed by atoms with van der Waals surface area (Å²) in [4.78, 5) is 4.74. The molecule has 0 radical (unpaired) electrons. The molecular formula is C13H25N3. The zero-order valence-electron chi connectivity index (χ0n) is 10.7. The molecule has 2 rings (SSSR count). The molecule has 0 aromatic heterocycles. The van der Waals surface area contributed by atoms with Gasteiger partial charge in [0.25, 0.3) is 0 Å². The minimum atomic E-state index is 0.464. The zero-order valence-corrected chi connectivity index (χ0v) is 10.7. The van der Waals surface area contributed by atoms with Crippen molar-refractivity contribution in [1.82, 2.24) is 10.6 Å². The van der Waals surface area contributed by atoms with Crippen LogP contribution in [0.1, 0.15) is 52.4 Å². The highest BCUT2D eigenvalue weighted by molar-refractivity contribution is 5.80. The monoisotopic (exact) mass is 223 g/mol. The largest absolute Gasteiger partial charge is 0.357 e. The summed E-state index contributed by atoms with van der Waals surface area (Å²) < 4.78 is 0. The van der Waals surface area contributed by atoms with Crippen LogP contribution in [0, 0.1) is 5.41 Å². The van der Waals surface area contributed by atoms with E-state index in [1.807, 2.05) is 0 Å². The molecule has 0 bridgehead atoms. The van der Waals surface area contributed by atoms with Gasteiger partial charge in [-0.25, -0.2) is 0 Å². The average molecular weight is 223 g/mol. The van der Waals surface area contributed by atoms with E-state index in [9.17, 15) is 0 Å². The molecule has 0 aromatic carbocycles. The molecule has 0 atom stereocenters. The third-order valence-electron chi connectivity index (χ3n) is 3.69. The van der Waals surface area contributed by atoms with Crippen molar-refractivity contribution in [2.75, 3.05) is 13.1 Å². The van der Waals surface area contributed by atoms with Crippen LogP contribution in [-0.2, 0) is 0 Å². The minimum Gasteiger partial charge on any atom is -0.357 e. The number of guanidine groups is 1. The Morgan fingerprint density at radius 3 is 2.56 bits per heavy atom.